The molecule has 6 aromatic rings. The van der Waals surface area contributed by atoms with E-state index < -0.39 is 29.7 Å². The highest BCUT2D eigenvalue weighted by Gasteiger charge is 2.31. The molecule has 43 heavy (non-hydrogen) atoms. The number of halogens is 4. The van der Waals surface area contributed by atoms with E-state index in [-0.39, 0.29) is 22.5 Å². The summed E-state index contributed by atoms with van der Waals surface area (Å²) in [7, 11) is 0. The highest BCUT2D eigenvalue weighted by Crippen LogP contribution is 2.41. The maximum Gasteiger partial charge on any atom is 0.416 e. The van der Waals surface area contributed by atoms with E-state index in [1.807, 2.05) is 6.07 Å². The summed E-state index contributed by atoms with van der Waals surface area (Å²) in [6.07, 6.45) is -0.974. The number of benzene rings is 3. The normalized spacial score (nSPS) is 13.7. The summed E-state index contributed by atoms with van der Waals surface area (Å²) in [5, 5.41) is 11.4. The van der Waals surface area contributed by atoms with Crippen LogP contribution in [0.3, 0.4) is 0 Å². The summed E-state index contributed by atoms with van der Waals surface area (Å²) in [4.78, 5) is 25.2. The number of rotatable bonds is 5. The average molecular weight is 586 g/mol. The van der Waals surface area contributed by atoms with Gasteiger partial charge in [0.25, 0.3) is 5.56 Å². The molecule has 0 amide bonds. The predicted molar refractivity (Wildman–Crippen MR) is 155 cm³/mol. The van der Waals surface area contributed by atoms with Gasteiger partial charge >= 0.3 is 6.18 Å². The molecule has 7 rings (SSSR count). The van der Waals surface area contributed by atoms with Crippen molar-refractivity contribution in [3.8, 4) is 28.2 Å². The first-order valence-corrected chi connectivity index (χ1v) is 13.5. The monoisotopic (exact) mass is 585 g/mol. The third kappa shape index (κ3) is 4.62. The van der Waals surface area contributed by atoms with Gasteiger partial charge in [-0.1, -0.05) is 30.3 Å². The molecule has 3 aromatic carbocycles. The van der Waals surface area contributed by atoms with Crippen LogP contribution in [0.2, 0.25) is 0 Å². The highest BCUT2D eigenvalue weighted by molar-refractivity contribution is 5.96. The number of aromatic nitrogens is 4. The van der Waals surface area contributed by atoms with Crippen LogP contribution >= 0.6 is 0 Å². The van der Waals surface area contributed by atoms with Gasteiger partial charge in [-0.05, 0) is 71.7 Å². The van der Waals surface area contributed by atoms with E-state index in [0.29, 0.717) is 44.9 Å². The van der Waals surface area contributed by atoms with E-state index >= 15 is 4.39 Å². The minimum absolute atomic E-state index is 0.0498. The lowest BCUT2D eigenvalue weighted by atomic mass is 9.99. The number of nitrogens with one attached hydrogen (secondary N) is 1. The van der Waals surface area contributed by atoms with E-state index in [2.05, 4.69) is 15.0 Å². The predicted octanol–water partition coefficient (Wildman–Crippen LogP) is 6.71. The fraction of sp³-hybridized carbons (Fsp3) is 0.156. The Labute approximate surface area is 241 Å². The summed E-state index contributed by atoms with van der Waals surface area (Å²) < 4.78 is 56.6. The molecule has 7 nitrogen and oxygen atoms in total. The summed E-state index contributed by atoms with van der Waals surface area (Å²) in [6, 6.07) is 16.4. The Morgan fingerprint density at radius 3 is 2.56 bits per heavy atom. The van der Waals surface area contributed by atoms with E-state index in [1.165, 1.54) is 22.8 Å². The van der Waals surface area contributed by atoms with Crippen LogP contribution in [0.5, 0.6) is 0 Å². The van der Waals surface area contributed by atoms with Crippen LogP contribution in [0.15, 0.2) is 77.7 Å². The van der Waals surface area contributed by atoms with E-state index in [9.17, 15) is 23.1 Å². The van der Waals surface area contributed by atoms with Gasteiger partial charge in [0.2, 0.25) is 5.95 Å². The van der Waals surface area contributed by atoms with Crippen molar-refractivity contribution < 1.29 is 22.7 Å². The minimum atomic E-state index is -4.52. The van der Waals surface area contributed by atoms with Gasteiger partial charge < -0.3 is 15.8 Å². The second-order valence-corrected chi connectivity index (χ2v) is 10.6. The van der Waals surface area contributed by atoms with Gasteiger partial charge in [0.1, 0.15) is 11.5 Å². The number of fused-ring (bicyclic) bond motifs is 2. The molecule has 3 aromatic heterocycles. The number of nitrogen functional groups attached to an aromatic ring is 1. The molecule has 0 unspecified atom stereocenters. The van der Waals surface area contributed by atoms with Crippen LogP contribution in [-0.2, 0) is 12.8 Å². The topological polar surface area (TPSA) is 110 Å². The molecule has 3 heterocycles. The van der Waals surface area contributed by atoms with Gasteiger partial charge in [0.05, 0.1) is 28.9 Å². The molecule has 1 aliphatic rings. The van der Waals surface area contributed by atoms with Crippen LogP contribution in [0.4, 0.5) is 23.5 Å². The van der Waals surface area contributed by atoms with Crippen molar-refractivity contribution in [2.45, 2.75) is 31.5 Å². The Balaban J connectivity index is 1.39. The van der Waals surface area contributed by atoms with Crippen molar-refractivity contribution in [2.75, 3.05) is 5.73 Å². The Kier molecular flexibility index (Phi) is 6.10. The largest absolute Gasteiger partial charge is 0.416 e. The first-order valence-electron chi connectivity index (χ1n) is 13.5. The summed E-state index contributed by atoms with van der Waals surface area (Å²) in [6.45, 7) is -0.505. The number of hydrogen-bond donors (Lipinski definition) is 3. The van der Waals surface area contributed by atoms with Crippen molar-refractivity contribution >= 4 is 27.8 Å². The summed E-state index contributed by atoms with van der Waals surface area (Å²) in [5.41, 5.74) is 7.80. The van der Waals surface area contributed by atoms with Crippen molar-refractivity contribution in [3.63, 3.8) is 0 Å². The van der Waals surface area contributed by atoms with Crippen LogP contribution in [-0.4, -0.2) is 24.6 Å². The molecule has 1 aliphatic carbocycles. The van der Waals surface area contributed by atoms with Gasteiger partial charge in [-0.2, -0.15) is 18.2 Å². The number of aliphatic hydroxyl groups is 1. The number of pyridine rings is 1. The third-order valence-corrected chi connectivity index (χ3v) is 7.86. The Hall–Kier alpha value is -5.03. The lowest BCUT2D eigenvalue weighted by Crippen LogP contribution is -2.20. The van der Waals surface area contributed by atoms with Crippen LogP contribution in [0.25, 0.3) is 50.0 Å². The Morgan fingerprint density at radius 1 is 1.02 bits per heavy atom. The fourth-order valence-corrected chi connectivity index (χ4v) is 5.63. The van der Waals surface area contributed by atoms with E-state index in [0.717, 1.165) is 30.5 Å². The first kappa shape index (κ1) is 26.8. The molecule has 0 radical (unpaired) electrons. The van der Waals surface area contributed by atoms with Crippen molar-refractivity contribution in [3.05, 3.63) is 106 Å². The van der Waals surface area contributed by atoms with E-state index in [1.54, 1.807) is 36.5 Å². The second-order valence-electron chi connectivity index (χ2n) is 10.6. The molecule has 4 N–H and O–H groups in total. The fourth-order valence-electron chi connectivity index (χ4n) is 5.63. The van der Waals surface area contributed by atoms with Gasteiger partial charge in [-0.25, -0.2) is 9.37 Å². The molecule has 0 aliphatic heterocycles. The maximum atomic E-state index is 15.2. The summed E-state index contributed by atoms with van der Waals surface area (Å²) in [5.74, 6) is -0.385. The number of anilines is 1. The Morgan fingerprint density at radius 2 is 1.81 bits per heavy atom. The first-order chi connectivity index (χ1) is 20.6. The molecule has 0 spiro atoms. The standard InChI is InChI=1S/C32H23F4N5O2/c33-24-13-19(16-7-8-16)11-18-9-10-41(30(43)27(18)24)26-6-2-5-21(23(26)15-42)28-22-14-25(38-29(22)40-31(37)39-28)17-3-1-4-20(12-17)32(34,35)36/h1-6,9-14,16,42H,7-8,15H2,(H3,37,38,39,40). The van der Waals surface area contributed by atoms with Crippen LogP contribution < -0.4 is 11.3 Å². The molecule has 1 fully saturated rings. The lowest BCUT2D eigenvalue weighted by molar-refractivity contribution is -0.137. The maximum absolute atomic E-state index is 15.2. The average Bonchev–Trinajstić information content (AvgIpc) is 3.75. The third-order valence-electron chi connectivity index (χ3n) is 7.86. The van der Waals surface area contributed by atoms with Crippen molar-refractivity contribution in [1.29, 1.82) is 0 Å². The number of aliphatic hydroxyl groups excluding tert-OH is 1. The zero-order valence-electron chi connectivity index (χ0n) is 22.4. The smallest absolute Gasteiger partial charge is 0.392 e. The number of nitrogens with zero attached hydrogens (tertiary/aromatic N) is 3. The Bertz CT molecular complexity index is 2130. The number of aromatic amines is 1. The SMILES string of the molecule is Nc1nc(-c2cccc(-n3ccc4cc(C5CC5)cc(F)c4c3=O)c2CO)c2cc(-c3cccc(C(F)(F)F)c3)[nH]c2n1. The second kappa shape index (κ2) is 9.77. The van der Waals surface area contributed by atoms with Gasteiger partial charge in [0, 0.05) is 28.4 Å². The molecular formula is C32H23F4N5O2. The summed E-state index contributed by atoms with van der Waals surface area (Å²) >= 11 is 0. The highest BCUT2D eigenvalue weighted by atomic mass is 19.4. The molecule has 11 heteroatoms. The molecule has 216 valence electrons. The zero-order valence-corrected chi connectivity index (χ0v) is 22.4. The number of H-pyrrole nitrogens is 1. The number of nitrogens with two attached hydrogens (primary N) is 1. The minimum Gasteiger partial charge on any atom is -0.392 e. The van der Waals surface area contributed by atoms with Gasteiger partial charge in [0.15, 0.2) is 0 Å². The molecule has 0 atom stereocenters. The molecule has 0 bridgehead atoms. The van der Waals surface area contributed by atoms with Gasteiger partial charge in [-0.15, -0.1) is 0 Å². The molecule has 0 saturated heterocycles. The van der Waals surface area contributed by atoms with Crippen LogP contribution in [0.1, 0.15) is 35.4 Å². The van der Waals surface area contributed by atoms with Gasteiger partial charge in [-0.3, -0.25) is 9.36 Å². The zero-order chi connectivity index (χ0) is 30.0. The lowest BCUT2D eigenvalue weighted by Gasteiger charge is -2.16. The molecule has 1 saturated carbocycles. The van der Waals surface area contributed by atoms with Crippen molar-refractivity contribution in [1.82, 2.24) is 19.5 Å². The number of alkyl halides is 3. The van der Waals surface area contributed by atoms with Crippen LogP contribution in [0, 0.1) is 5.82 Å². The van der Waals surface area contributed by atoms with E-state index in [4.69, 9.17) is 5.73 Å². The number of hydrogen-bond acceptors (Lipinski definition) is 5. The molecular weight excluding hydrogens is 562 g/mol. The van der Waals surface area contributed by atoms with Crippen molar-refractivity contribution in [2.24, 2.45) is 0 Å². The quantitative estimate of drug-likeness (QED) is 0.195.